The Morgan fingerprint density at radius 2 is 1.87 bits per heavy atom. The molecule has 0 aliphatic rings. The lowest BCUT2D eigenvalue weighted by molar-refractivity contribution is 0.318. The highest BCUT2D eigenvalue weighted by atomic mass is 35.5. The zero-order chi connectivity index (χ0) is 16.9. The second kappa shape index (κ2) is 7.70. The number of rotatable bonds is 7. The Kier molecular flexibility index (Phi) is 5.91. The maximum atomic E-state index is 11.1. The molecule has 0 aliphatic heterocycles. The molecule has 0 heterocycles. The van der Waals surface area contributed by atoms with E-state index in [1.54, 1.807) is 13.2 Å². The Morgan fingerprint density at radius 3 is 2.52 bits per heavy atom. The summed E-state index contributed by atoms with van der Waals surface area (Å²) in [4.78, 5) is 0. The van der Waals surface area contributed by atoms with Crippen molar-refractivity contribution < 1.29 is 17.9 Å². The third-order valence-corrected chi connectivity index (χ3v) is 4.59. The van der Waals surface area contributed by atoms with E-state index in [0.717, 1.165) is 16.9 Å². The summed E-state index contributed by atoms with van der Waals surface area (Å²) >= 11 is 6.33. The summed E-state index contributed by atoms with van der Waals surface area (Å²) < 4.78 is 32.9. The summed E-state index contributed by atoms with van der Waals surface area (Å²) in [5.41, 5.74) is 1.84. The van der Waals surface area contributed by atoms with Gasteiger partial charge in [0.15, 0.2) is 0 Å². The van der Waals surface area contributed by atoms with E-state index in [1.807, 2.05) is 36.4 Å². The van der Waals surface area contributed by atoms with Crippen molar-refractivity contribution in [2.45, 2.75) is 6.42 Å². The predicted molar refractivity (Wildman–Crippen MR) is 93.3 cm³/mol. The number of benzene rings is 2. The molecular formula is C17H19ClO4S. The molecule has 2 rings (SSSR count). The highest BCUT2D eigenvalue weighted by Gasteiger charge is 2.07. The van der Waals surface area contributed by atoms with Gasteiger partial charge in [-0.25, -0.2) is 8.42 Å². The first-order valence-electron chi connectivity index (χ1n) is 7.13. The van der Waals surface area contributed by atoms with Crippen LogP contribution in [0.1, 0.15) is 6.42 Å². The minimum atomic E-state index is -2.95. The van der Waals surface area contributed by atoms with Crippen LogP contribution in [0, 0.1) is 0 Å². The summed E-state index contributed by atoms with van der Waals surface area (Å²) in [6.45, 7) is 0.335. The molecule has 0 fully saturated rings. The number of hydrogen-bond donors (Lipinski definition) is 0. The third kappa shape index (κ3) is 5.44. The quantitative estimate of drug-likeness (QED) is 0.709. The van der Waals surface area contributed by atoms with Gasteiger partial charge in [-0.15, -0.1) is 0 Å². The predicted octanol–water partition coefficient (Wildman–Crippen LogP) is 3.83. The van der Waals surface area contributed by atoms with E-state index in [0.29, 0.717) is 23.8 Å². The van der Waals surface area contributed by atoms with Crippen LogP contribution in [0.3, 0.4) is 0 Å². The highest BCUT2D eigenvalue weighted by Crippen LogP contribution is 2.32. The molecule has 124 valence electrons. The summed E-state index contributed by atoms with van der Waals surface area (Å²) in [7, 11) is -1.33. The van der Waals surface area contributed by atoms with Crippen LogP contribution >= 0.6 is 11.6 Å². The summed E-state index contributed by atoms with van der Waals surface area (Å²) in [6, 6.07) is 13.1. The van der Waals surface area contributed by atoms with Gasteiger partial charge in [0.1, 0.15) is 21.3 Å². The van der Waals surface area contributed by atoms with Gasteiger partial charge in [0.05, 0.1) is 24.5 Å². The van der Waals surface area contributed by atoms with E-state index >= 15 is 0 Å². The SMILES string of the molecule is COc1cccc(-c2ccc(OCCCS(C)(=O)=O)cc2Cl)c1. The van der Waals surface area contributed by atoms with Crippen molar-refractivity contribution in [2.24, 2.45) is 0 Å². The lowest BCUT2D eigenvalue weighted by Gasteiger charge is -2.10. The van der Waals surface area contributed by atoms with Gasteiger partial charge in [-0.3, -0.25) is 0 Å². The van der Waals surface area contributed by atoms with Gasteiger partial charge in [0.2, 0.25) is 0 Å². The van der Waals surface area contributed by atoms with Crippen LogP contribution in [0.5, 0.6) is 11.5 Å². The molecular weight excluding hydrogens is 336 g/mol. The molecule has 2 aromatic rings. The van der Waals surface area contributed by atoms with Crippen LogP contribution in [-0.2, 0) is 9.84 Å². The number of hydrogen-bond acceptors (Lipinski definition) is 4. The molecule has 2 aromatic carbocycles. The standard InChI is InChI=1S/C17H19ClO4S/c1-21-14-6-3-5-13(11-14)16-8-7-15(12-17(16)18)22-9-4-10-23(2,19)20/h3,5-8,11-12H,4,9-10H2,1-2H3. The van der Waals surface area contributed by atoms with Crippen LogP contribution < -0.4 is 9.47 Å². The normalized spacial score (nSPS) is 11.3. The average molecular weight is 355 g/mol. The molecule has 0 aliphatic carbocycles. The molecule has 4 nitrogen and oxygen atoms in total. The molecule has 23 heavy (non-hydrogen) atoms. The highest BCUT2D eigenvalue weighted by molar-refractivity contribution is 7.90. The first-order chi connectivity index (χ1) is 10.9. The average Bonchev–Trinajstić information content (AvgIpc) is 2.51. The molecule has 0 unspecified atom stereocenters. The van der Waals surface area contributed by atoms with E-state index in [-0.39, 0.29) is 5.75 Å². The van der Waals surface area contributed by atoms with Gasteiger partial charge in [0.25, 0.3) is 0 Å². The summed E-state index contributed by atoms with van der Waals surface area (Å²) in [5, 5.41) is 0.568. The van der Waals surface area contributed by atoms with Gasteiger partial charge in [-0.1, -0.05) is 23.7 Å². The number of halogens is 1. The van der Waals surface area contributed by atoms with Gasteiger partial charge >= 0.3 is 0 Å². The summed E-state index contributed by atoms with van der Waals surface area (Å²) in [6.07, 6.45) is 1.67. The molecule has 0 N–H and O–H groups in total. The van der Waals surface area contributed by atoms with Gasteiger partial charge in [-0.05, 0) is 42.3 Å². The Labute approximate surface area is 141 Å². The van der Waals surface area contributed by atoms with Gasteiger partial charge < -0.3 is 9.47 Å². The second-order valence-electron chi connectivity index (χ2n) is 5.21. The van der Waals surface area contributed by atoms with E-state index in [2.05, 4.69) is 0 Å². The zero-order valence-corrected chi connectivity index (χ0v) is 14.7. The Balaban J connectivity index is 2.05. The van der Waals surface area contributed by atoms with Crippen LogP contribution in [-0.4, -0.2) is 34.1 Å². The van der Waals surface area contributed by atoms with E-state index < -0.39 is 9.84 Å². The van der Waals surface area contributed by atoms with E-state index in [9.17, 15) is 8.42 Å². The molecule has 0 amide bonds. The summed E-state index contributed by atoms with van der Waals surface area (Å²) in [5.74, 6) is 1.50. The van der Waals surface area contributed by atoms with E-state index in [4.69, 9.17) is 21.1 Å². The first kappa shape index (κ1) is 17.6. The Morgan fingerprint density at radius 1 is 1.09 bits per heavy atom. The number of ether oxygens (including phenoxy) is 2. The third-order valence-electron chi connectivity index (χ3n) is 3.25. The van der Waals surface area contributed by atoms with Crippen molar-refractivity contribution in [1.29, 1.82) is 0 Å². The Bertz CT molecular complexity index is 772. The lowest BCUT2D eigenvalue weighted by Crippen LogP contribution is -2.07. The minimum absolute atomic E-state index is 0.114. The maximum Gasteiger partial charge on any atom is 0.147 e. The van der Waals surface area contributed by atoms with Crippen molar-refractivity contribution in [3.8, 4) is 22.6 Å². The smallest absolute Gasteiger partial charge is 0.147 e. The maximum absolute atomic E-state index is 11.1. The zero-order valence-electron chi connectivity index (χ0n) is 13.1. The van der Waals surface area contributed by atoms with Crippen molar-refractivity contribution in [3.05, 3.63) is 47.5 Å². The Hall–Kier alpha value is -1.72. The van der Waals surface area contributed by atoms with Crippen molar-refractivity contribution in [2.75, 3.05) is 25.7 Å². The van der Waals surface area contributed by atoms with Gasteiger partial charge in [0, 0.05) is 11.8 Å². The van der Waals surface area contributed by atoms with Crippen LogP contribution in [0.15, 0.2) is 42.5 Å². The fourth-order valence-corrected chi connectivity index (χ4v) is 3.04. The van der Waals surface area contributed by atoms with Crippen LogP contribution in [0.25, 0.3) is 11.1 Å². The molecule has 0 aromatic heterocycles. The molecule has 0 saturated carbocycles. The lowest BCUT2D eigenvalue weighted by atomic mass is 10.1. The second-order valence-corrected chi connectivity index (χ2v) is 7.87. The fourth-order valence-electron chi connectivity index (χ4n) is 2.12. The molecule has 0 spiro atoms. The van der Waals surface area contributed by atoms with Crippen LogP contribution in [0.4, 0.5) is 0 Å². The number of methoxy groups -OCH3 is 1. The van der Waals surface area contributed by atoms with Crippen LogP contribution in [0.2, 0.25) is 5.02 Å². The largest absolute Gasteiger partial charge is 0.497 e. The van der Waals surface area contributed by atoms with E-state index in [1.165, 1.54) is 6.26 Å². The van der Waals surface area contributed by atoms with Crippen molar-refractivity contribution >= 4 is 21.4 Å². The molecule has 0 bridgehead atoms. The molecule has 0 saturated heterocycles. The van der Waals surface area contributed by atoms with Gasteiger partial charge in [-0.2, -0.15) is 0 Å². The molecule has 0 atom stereocenters. The number of sulfone groups is 1. The topological polar surface area (TPSA) is 52.6 Å². The minimum Gasteiger partial charge on any atom is -0.497 e. The first-order valence-corrected chi connectivity index (χ1v) is 9.57. The molecule has 6 heteroatoms. The van der Waals surface area contributed by atoms with Crippen molar-refractivity contribution in [1.82, 2.24) is 0 Å². The van der Waals surface area contributed by atoms with Crippen molar-refractivity contribution in [3.63, 3.8) is 0 Å². The monoisotopic (exact) mass is 354 g/mol. The molecule has 0 radical (unpaired) electrons. The fraction of sp³-hybridized carbons (Fsp3) is 0.294.